The fourth-order valence-corrected chi connectivity index (χ4v) is 0.540. The Morgan fingerprint density at radius 1 is 1.46 bits per heavy atom. The number of hydrogen-bond acceptors (Lipinski definition) is 2. The predicted molar refractivity (Wildman–Crippen MR) is 53.2 cm³/mol. The molecule has 0 aliphatic heterocycles. The van der Waals surface area contributed by atoms with E-state index in [1.165, 1.54) is 5.54 Å². The quantitative estimate of drug-likeness (QED) is 0.304. The number of carbonyl (C=O) groups is 1. The van der Waals surface area contributed by atoms with Gasteiger partial charge in [-0.05, 0) is 6.92 Å². The minimum Gasteiger partial charge on any atom is -0.409 e. The van der Waals surface area contributed by atoms with E-state index in [9.17, 15) is 4.79 Å². The Morgan fingerprint density at radius 2 is 1.92 bits per heavy atom. The number of carbonyl (C=O) groups excluding carboxylic acids is 1. The Hall–Kier alpha value is -0.540. The lowest BCUT2D eigenvalue weighted by molar-refractivity contribution is -0.914. The van der Waals surface area contributed by atoms with Gasteiger partial charge in [-0.25, -0.2) is 4.79 Å². The van der Waals surface area contributed by atoms with Crippen LogP contribution in [-0.2, 0) is 9.53 Å². The molecule has 0 aromatic rings. The number of nitrogens with zero attached hydrogens (tertiary/aromatic N) is 1. The van der Waals surface area contributed by atoms with Gasteiger partial charge in [-0.3, -0.25) is 4.48 Å². The maximum atomic E-state index is 11.2. The second kappa shape index (κ2) is 4.63. The number of ether oxygens (including phenoxy) is 1. The molecular formula is C9H17ClNO2+. The van der Waals surface area contributed by atoms with Gasteiger partial charge in [0, 0.05) is 18.0 Å². The van der Waals surface area contributed by atoms with Gasteiger partial charge in [-0.2, -0.15) is 0 Å². The molecule has 1 atom stereocenters. The van der Waals surface area contributed by atoms with Crippen LogP contribution in [-0.4, -0.2) is 37.8 Å². The number of hydrogen-bond donors (Lipinski definition) is 0. The first-order valence-electron chi connectivity index (χ1n) is 4.08. The molecule has 0 N–H and O–H groups in total. The number of quaternary nitrogens is 1. The minimum atomic E-state index is -0.365. The third-order valence-electron chi connectivity index (χ3n) is 1.85. The molecule has 1 unspecified atom stereocenters. The van der Waals surface area contributed by atoms with Crippen LogP contribution in [0.25, 0.3) is 0 Å². The van der Waals surface area contributed by atoms with Crippen molar-refractivity contribution >= 4 is 17.6 Å². The molecule has 0 fully saturated rings. The van der Waals surface area contributed by atoms with Gasteiger partial charge in [0.2, 0.25) is 6.23 Å². The highest BCUT2D eigenvalue weighted by atomic mass is 35.5. The normalized spacial score (nSPS) is 15.4. The van der Waals surface area contributed by atoms with Gasteiger partial charge in [0.25, 0.3) is 0 Å². The van der Waals surface area contributed by atoms with Crippen molar-refractivity contribution in [3.05, 3.63) is 11.1 Å². The highest BCUT2D eigenvalue weighted by Crippen LogP contribution is 2.07. The lowest BCUT2D eigenvalue weighted by Crippen LogP contribution is -2.45. The van der Waals surface area contributed by atoms with Crippen molar-refractivity contribution in [3.63, 3.8) is 0 Å². The Bertz CT molecular complexity index is 218. The molecule has 0 spiro atoms. The van der Waals surface area contributed by atoms with Gasteiger partial charge in [-0.1, -0.05) is 11.6 Å². The van der Waals surface area contributed by atoms with Crippen LogP contribution >= 0.6 is 11.6 Å². The molecule has 13 heavy (non-hydrogen) atoms. The van der Waals surface area contributed by atoms with Gasteiger partial charge >= 0.3 is 5.97 Å². The van der Waals surface area contributed by atoms with Crippen LogP contribution in [0.5, 0.6) is 0 Å². The summed E-state index contributed by atoms with van der Waals surface area (Å²) in [6.07, 6.45) is -0.181. The van der Waals surface area contributed by atoms with E-state index in [0.717, 1.165) is 0 Å². The molecule has 0 aromatic carbocycles. The Kier molecular flexibility index (Phi) is 4.44. The fraction of sp³-hybridized carbons (Fsp3) is 0.667. The van der Waals surface area contributed by atoms with Crippen LogP contribution in [0.4, 0.5) is 0 Å². The molecule has 4 heteroatoms. The standard InChI is InChI=1S/C9H17ClNO2/c1-7(6-10)9(12)13-8(2)11(3,4)5/h6,8H,1-5H3/q+1. The SMILES string of the molecule is CC(=CCl)C(=O)OC(C)[N+](C)(C)C. The molecule has 0 bridgehead atoms. The molecule has 0 rings (SSSR count). The summed E-state index contributed by atoms with van der Waals surface area (Å²) in [6, 6.07) is 0. The minimum absolute atomic E-state index is 0.181. The Labute approximate surface area is 84.5 Å². The third-order valence-corrected chi connectivity index (χ3v) is 2.18. The lowest BCUT2D eigenvalue weighted by Gasteiger charge is -2.30. The van der Waals surface area contributed by atoms with Crippen molar-refractivity contribution in [2.75, 3.05) is 21.1 Å². The average Bonchev–Trinajstić information content (AvgIpc) is 2.01. The summed E-state index contributed by atoms with van der Waals surface area (Å²) in [4.78, 5) is 11.2. The Balaban J connectivity index is 4.23. The highest BCUT2D eigenvalue weighted by molar-refractivity contribution is 6.27. The molecule has 0 aromatic heterocycles. The lowest BCUT2D eigenvalue weighted by atomic mass is 10.3. The smallest absolute Gasteiger partial charge is 0.339 e. The monoisotopic (exact) mass is 206 g/mol. The molecule has 0 aliphatic carbocycles. The van der Waals surface area contributed by atoms with Gasteiger partial charge in [0.1, 0.15) is 0 Å². The zero-order valence-corrected chi connectivity index (χ0v) is 9.55. The van der Waals surface area contributed by atoms with E-state index in [0.29, 0.717) is 10.1 Å². The largest absolute Gasteiger partial charge is 0.409 e. The first-order chi connectivity index (χ1) is 5.79. The summed E-state index contributed by atoms with van der Waals surface area (Å²) in [5.41, 5.74) is 1.65. The average molecular weight is 207 g/mol. The molecule has 0 aliphatic rings. The fourth-order valence-electron chi connectivity index (χ4n) is 0.451. The van der Waals surface area contributed by atoms with Crippen molar-refractivity contribution in [2.24, 2.45) is 0 Å². The summed E-state index contributed by atoms with van der Waals surface area (Å²) < 4.78 is 5.72. The highest BCUT2D eigenvalue weighted by Gasteiger charge is 2.22. The molecular weight excluding hydrogens is 190 g/mol. The van der Waals surface area contributed by atoms with E-state index >= 15 is 0 Å². The van der Waals surface area contributed by atoms with Crippen LogP contribution in [0.1, 0.15) is 13.8 Å². The van der Waals surface area contributed by atoms with E-state index in [4.69, 9.17) is 16.3 Å². The number of rotatable bonds is 3. The third kappa shape index (κ3) is 4.29. The molecule has 76 valence electrons. The van der Waals surface area contributed by atoms with E-state index in [1.54, 1.807) is 6.92 Å². The van der Waals surface area contributed by atoms with Crippen molar-refractivity contribution in [1.82, 2.24) is 0 Å². The first-order valence-corrected chi connectivity index (χ1v) is 4.51. The second-order valence-corrected chi connectivity index (χ2v) is 4.13. The van der Waals surface area contributed by atoms with E-state index in [-0.39, 0.29) is 12.2 Å². The molecule has 0 saturated heterocycles. The van der Waals surface area contributed by atoms with Crippen LogP contribution in [0.2, 0.25) is 0 Å². The molecule has 0 radical (unpaired) electrons. The summed E-state index contributed by atoms with van der Waals surface area (Å²) in [5, 5.41) is 0. The molecule has 0 heterocycles. The molecule has 3 nitrogen and oxygen atoms in total. The van der Waals surface area contributed by atoms with Gasteiger partial charge in [-0.15, -0.1) is 0 Å². The van der Waals surface area contributed by atoms with Crippen molar-refractivity contribution < 1.29 is 14.0 Å². The predicted octanol–water partition coefficient (Wildman–Crippen LogP) is 1.72. The summed E-state index contributed by atoms with van der Waals surface area (Å²) >= 11 is 5.38. The van der Waals surface area contributed by atoms with Gasteiger partial charge < -0.3 is 4.74 Å². The molecule has 0 amide bonds. The van der Waals surface area contributed by atoms with Crippen LogP contribution in [0.3, 0.4) is 0 Å². The first kappa shape index (κ1) is 12.5. The number of halogens is 1. The summed E-state index contributed by atoms with van der Waals surface area (Å²) in [6.45, 7) is 3.47. The van der Waals surface area contributed by atoms with E-state index in [2.05, 4.69) is 0 Å². The van der Waals surface area contributed by atoms with Crippen molar-refractivity contribution in [1.29, 1.82) is 0 Å². The van der Waals surface area contributed by atoms with Crippen molar-refractivity contribution in [3.8, 4) is 0 Å². The maximum Gasteiger partial charge on any atom is 0.339 e. The van der Waals surface area contributed by atoms with Crippen LogP contribution < -0.4 is 0 Å². The van der Waals surface area contributed by atoms with Crippen molar-refractivity contribution in [2.45, 2.75) is 20.1 Å². The van der Waals surface area contributed by atoms with Gasteiger partial charge in [0.05, 0.1) is 21.1 Å². The van der Waals surface area contributed by atoms with Gasteiger partial charge in [0.15, 0.2) is 0 Å². The summed E-state index contributed by atoms with van der Waals surface area (Å²) in [7, 11) is 5.87. The topological polar surface area (TPSA) is 26.3 Å². The second-order valence-electron chi connectivity index (χ2n) is 3.91. The zero-order valence-electron chi connectivity index (χ0n) is 8.80. The number of esters is 1. The van der Waals surface area contributed by atoms with Crippen LogP contribution in [0.15, 0.2) is 11.1 Å². The molecule has 0 saturated carbocycles. The maximum absolute atomic E-state index is 11.2. The zero-order chi connectivity index (χ0) is 10.6. The van der Waals surface area contributed by atoms with E-state index < -0.39 is 0 Å². The summed E-state index contributed by atoms with van der Waals surface area (Å²) in [5.74, 6) is -0.365. The van der Waals surface area contributed by atoms with E-state index in [1.807, 2.05) is 28.1 Å². The van der Waals surface area contributed by atoms with Crippen LogP contribution in [0, 0.1) is 0 Å². The Morgan fingerprint density at radius 3 is 2.23 bits per heavy atom.